The lowest BCUT2D eigenvalue weighted by molar-refractivity contribution is -0.127. The number of rotatable bonds is 5. The third kappa shape index (κ3) is 3.87. The summed E-state index contributed by atoms with van der Waals surface area (Å²) in [5.41, 5.74) is 6.09. The van der Waals surface area contributed by atoms with Crippen LogP contribution >= 0.6 is 0 Å². The maximum atomic E-state index is 12.2. The van der Waals surface area contributed by atoms with Crippen molar-refractivity contribution in [3.05, 3.63) is 0 Å². The van der Waals surface area contributed by atoms with Gasteiger partial charge in [-0.2, -0.15) is 0 Å². The lowest BCUT2D eigenvalue weighted by Gasteiger charge is -2.23. The highest BCUT2D eigenvalue weighted by molar-refractivity contribution is 5.83. The van der Waals surface area contributed by atoms with Gasteiger partial charge < -0.3 is 10.5 Å². The van der Waals surface area contributed by atoms with E-state index in [9.17, 15) is 4.79 Å². The zero-order chi connectivity index (χ0) is 12.0. The predicted octanol–water partition coefficient (Wildman–Crippen LogP) is 2.14. The van der Waals surface area contributed by atoms with E-state index in [1.165, 1.54) is 12.8 Å². The molecule has 16 heavy (non-hydrogen) atoms. The standard InChI is InChI=1S/C13H25NO2/c1-10(8-9-16-2)13(15)11-6-4-3-5-7-12(11)14/h10-12H,3-9,14H2,1-2H3. The number of carbonyl (C=O) groups is 1. The summed E-state index contributed by atoms with van der Waals surface area (Å²) in [7, 11) is 1.68. The van der Waals surface area contributed by atoms with Crippen molar-refractivity contribution in [2.45, 2.75) is 51.5 Å². The lowest BCUT2D eigenvalue weighted by Crippen LogP contribution is -2.37. The summed E-state index contributed by atoms with van der Waals surface area (Å²) in [6.07, 6.45) is 6.37. The first-order valence-corrected chi connectivity index (χ1v) is 6.45. The van der Waals surface area contributed by atoms with Gasteiger partial charge in [-0.25, -0.2) is 0 Å². The number of Topliss-reactive ketones (excluding diaryl/α,β-unsaturated/α-hetero) is 1. The molecule has 94 valence electrons. The fourth-order valence-corrected chi connectivity index (χ4v) is 2.49. The Morgan fingerprint density at radius 3 is 2.75 bits per heavy atom. The summed E-state index contributed by atoms with van der Waals surface area (Å²) in [5, 5.41) is 0. The Bertz CT molecular complexity index is 218. The second-order valence-electron chi connectivity index (χ2n) is 4.99. The van der Waals surface area contributed by atoms with Gasteiger partial charge in [-0.15, -0.1) is 0 Å². The Morgan fingerprint density at radius 2 is 2.06 bits per heavy atom. The molecule has 3 unspecified atom stereocenters. The maximum absolute atomic E-state index is 12.2. The maximum Gasteiger partial charge on any atom is 0.140 e. The molecule has 0 bridgehead atoms. The number of carbonyl (C=O) groups excluding carboxylic acids is 1. The minimum atomic E-state index is 0.0833. The number of ether oxygens (including phenoxy) is 1. The lowest BCUT2D eigenvalue weighted by atomic mass is 9.84. The molecule has 0 aliphatic heterocycles. The molecule has 0 radical (unpaired) electrons. The minimum absolute atomic E-state index is 0.0833. The molecule has 1 saturated carbocycles. The summed E-state index contributed by atoms with van der Waals surface area (Å²) < 4.78 is 5.02. The van der Waals surface area contributed by atoms with Gasteiger partial charge >= 0.3 is 0 Å². The second kappa shape index (κ2) is 7.02. The minimum Gasteiger partial charge on any atom is -0.385 e. The van der Waals surface area contributed by atoms with Crippen LogP contribution in [0, 0.1) is 11.8 Å². The monoisotopic (exact) mass is 227 g/mol. The summed E-state index contributed by atoms with van der Waals surface area (Å²) in [4.78, 5) is 12.2. The molecule has 0 saturated heterocycles. The van der Waals surface area contributed by atoms with Crippen LogP contribution in [0.3, 0.4) is 0 Å². The van der Waals surface area contributed by atoms with Gasteiger partial charge in [-0.1, -0.05) is 26.2 Å². The van der Waals surface area contributed by atoms with Gasteiger partial charge in [0.1, 0.15) is 5.78 Å². The first-order valence-electron chi connectivity index (χ1n) is 6.45. The van der Waals surface area contributed by atoms with E-state index in [4.69, 9.17) is 10.5 Å². The molecule has 2 N–H and O–H groups in total. The average Bonchev–Trinajstić information content (AvgIpc) is 2.49. The van der Waals surface area contributed by atoms with Crippen molar-refractivity contribution in [1.82, 2.24) is 0 Å². The van der Waals surface area contributed by atoms with Gasteiger partial charge in [-0.05, 0) is 19.3 Å². The molecule has 3 atom stereocenters. The van der Waals surface area contributed by atoms with Crippen LogP contribution in [0.25, 0.3) is 0 Å². The predicted molar refractivity (Wildman–Crippen MR) is 65.2 cm³/mol. The van der Waals surface area contributed by atoms with E-state index in [0.717, 1.165) is 25.7 Å². The van der Waals surface area contributed by atoms with Crippen molar-refractivity contribution in [1.29, 1.82) is 0 Å². The van der Waals surface area contributed by atoms with Crippen LogP contribution in [0.1, 0.15) is 45.4 Å². The van der Waals surface area contributed by atoms with Crippen molar-refractivity contribution in [3.8, 4) is 0 Å². The molecule has 3 nitrogen and oxygen atoms in total. The smallest absolute Gasteiger partial charge is 0.140 e. The Morgan fingerprint density at radius 1 is 1.38 bits per heavy atom. The Labute approximate surface area is 98.7 Å². The van der Waals surface area contributed by atoms with Crippen LogP contribution in [0.2, 0.25) is 0 Å². The SMILES string of the molecule is COCCC(C)C(=O)C1CCCCCC1N. The number of nitrogens with two attached hydrogens (primary N) is 1. The zero-order valence-corrected chi connectivity index (χ0v) is 10.6. The third-order valence-corrected chi connectivity index (χ3v) is 3.68. The van der Waals surface area contributed by atoms with Crippen molar-refractivity contribution >= 4 is 5.78 Å². The van der Waals surface area contributed by atoms with Gasteiger partial charge in [0.15, 0.2) is 0 Å². The molecule has 1 aliphatic carbocycles. The molecule has 0 amide bonds. The highest BCUT2D eigenvalue weighted by atomic mass is 16.5. The molecule has 1 fully saturated rings. The molecular weight excluding hydrogens is 202 g/mol. The van der Waals surface area contributed by atoms with Gasteiger partial charge in [0, 0.05) is 31.6 Å². The third-order valence-electron chi connectivity index (χ3n) is 3.68. The molecule has 1 rings (SSSR count). The van der Waals surface area contributed by atoms with Crippen LogP contribution in [0.15, 0.2) is 0 Å². The Hall–Kier alpha value is -0.410. The average molecular weight is 227 g/mol. The second-order valence-corrected chi connectivity index (χ2v) is 4.99. The van der Waals surface area contributed by atoms with Crippen molar-refractivity contribution in [2.24, 2.45) is 17.6 Å². The Kier molecular flexibility index (Phi) is 5.99. The van der Waals surface area contributed by atoms with Crippen LogP contribution in [0.4, 0.5) is 0 Å². The largest absolute Gasteiger partial charge is 0.385 e. The van der Waals surface area contributed by atoms with Gasteiger partial charge in [-0.3, -0.25) is 4.79 Å². The van der Waals surface area contributed by atoms with E-state index in [0.29, 0.717) is 12.4 Å². The summed E-state index contributed by atoms with van der Waals surface area (Å²) in [5.74, 6) is 0.537. The number of hydrogen-bond acceptors (Lipinski definition) is 3. The molecule has 0 spiro atoms. The summed E-state index contributed by atoms with van der Waals surface area (Å²) >= 11 is 0. The zero-order valence-electron chi connectivity index (χ0n) is 10.6. The van der Waals surface area contributed by atoms with E-state index in [2.05, 4.69) is 0 Å². The summed E-state index contributed by atoms with van der Waals surface area (Å²) in [6, 6.07) is 0.0833. The van der Waals surface area contributed by atoms with E-state index in [1.807, 2.05) is 6.92 Å². The van der Waals surface area contributed by atoms with E-state index >= 15 is 0 Å². The molecule has 0 heterocycles. The normalized spacial score (nSPS) is 28.4. The number of hydrogen-bond donors (Lipinski definition) is 1. The van der Waals surface area contributed by atoms with Crippen LogP contribution in [-0.4, -0.2) is 25.5 Å². The molecule has 0 aromatic carbocycles. The molecule has 0 aromatic rings. The fourth-order valence-electron chi connectivity index (χ4n) is 2.49. The first-order chi connectivity index (χ1) is 7.66. The Balaban J connectivity index is 2.49. The van der Waals surface area contributed by atoms with Crippen LogP contribution < -0.4 is 5.73 Å². The van der Waals surface area contributed by atoms with Gasteiger partial charge in [0.25, 0.3) is 0 Å². The molecule has 1 aliphatic rings. The van der Waals surface area contributed by atoms with Crippen molar-refractivity contribution in [2.75, 3.05) is 13.7 Å². The number of ketones is 1. The molecule has 3 heteroatoms. The van der Waals surface area contributed by atoms with E-state index in [-0.39, 0.29) is 17.9 Å². The van der Waals surface area contributed by atoms with Crippen LogP contribution in [0.5, 0.6) is 0 Å². The summed E-state index contributed by atoms with van der Waals surface area (Å²) in [6.45, 7) is 2.66. The highest BCUT2D eigenvalue weighted by Gasteiger charge is 2.29. The fraction of sp³-hybridized carbons (Fsp3) is 0.923. The van der Waals surface area contributed by atoms with Crippen LogP contribution in [-0.2, 0) is 9.53 Å². The van der Waals surface area contributed by atoms with Crippen molar-refractivity contribution < 1.29 is 9.53 Å². The quantitative estimate of drug-likeness (QED) is 0.732. The molecular formula is C13H25NO2. The van der Waals surface area contributed by atoms with Gasteiger partial charge in [0.2, 0.25) is 0 Å². The van der Waals surface area contributed by atoms with Gasteiger partial charge in [0.05, 0.1) is 0 Å². The van der Waals surface area contributed by atoms with Crippen molar-refractivity contribution in [3.63, 3.8) is 0 Å². The molecule has 0 aromatic heterocycles. The highest BCUT2D eigenvalue weighted by Crippen LogP contribution is 2.26. The number of methoxy groups -OCH3 is 1. The first kappa shape index (κ1) is 13.7. The van der Waals surface area contributed by atoms with E-state index in [1.54, 1.807) is 7.11 Å². The van der Waals surface area contributed by atoms with E-state index < -0.39 is 0 Å². The topological polar surface area (TPSA) is 52.3 Å².